The standard InChI is InChI=1S/C11H15N5O2S/c1-4-15-11(10(16(17)18)7(2)14-15)12-5-9-6-19-8(3)13-9/h6,12H,4-5H2,1-3H3. The maximum atomic E-state index is 11.1. The molecule has 19 heavy (non-hydrogen) atoms. The normalized spacial score (nSPS) is 10.7. The number of nitro groups is 1. The molecule has 0 aliphatic heterocycles. The summed E-state index contributed by atoms with van der Waals surface area (Å²) in [5.41, 5.74) is 1.33. The van der Waals surface area contributed by atoms with E-state index in [1.807, 2.05) is 19.2 Å². The van der Waals surface area contributed by atoms with Crippen molar-refractivity contribution in [3.8, 4) is 0 Å². The van der Waals surface area contributed by atoms with E-state index in [0.717, 1.165) is 10.7 Å². The number of nitrogens with zero attached hydrogens (tertiary/aromatic N) is 4. The lowest BCUT2D eigenvalue weighted by atomic mass is 10.3. The van der Waals surface area contributed by atoms with Crippen molar-refractivity contribution in [3.63, 3.8) is 0 Å². The maximum absolute atomic E-state index is 11.1. The zero-order valence-electron chi connectivity index (χ0n) is 11.0. The molecule has 2 rings (SSSR count). The van der Waals surface area contributed by atoms with Crippen molar-refractivity contribution in [2.45, 2.75) is 33.9 Å². The minimum atomic E-state index is -0.400. The summed E-state index contributed by atoms with van der Waals surface area (Å²) in [6.45, 7) is 6.50. The van der Waals surface area contributed by atoms with Crippen LogP contribution in [0.25, 0.3) is 0 Å². The highest BCUT2D eigenvalue weighted by atomic mass is 32.1. The topological polar surface area (TPSA) is 85.9 Å². The van der Waals surface area contributed by atoms with Gasteiger partial charge >= 0.3 is 5.69 Å². The van der Waals surface area contributed by atoms with Crippen LogP contribution in [0.4, 0.5) is 11.5 Å². The first-order chi connectivity index (χ1) is 9.02. The molecule has 0 amide bonds. The smallest absolute Gasteiger partial charge is 0.333 e. The van der Waals surface area contributed by atoms with Crippen LogP contribution >= 0.6 is 11.3 Å². The number of rotatable bonds is 5. The molecule has 0 unspecified atom stereocenters. The number of hydrogen-bond acceptors (Lipinski definition) is 6. The molecule has 102 valence electrons. The molecule has 8 heteroatoms. The summed E-state index contributed by atoms with van der Waals surface area (Å²) in [4.78, 5) is 15.0. The van der Waals surface area contributed by atoms with Crippen molar-refractivity contribution in [3.05, 3.63) is 31.9 Å². The first-order valence-corrected chi connectivity index (χ1v) is 6.77. The third-order valence-electron chi connectivity index (χ3n) is 2.68. The van der Waals surface area contributed by atoms with Gasteiger partial charge in [0, 0.05) is 11.9 Å². The Morgan fingerprint density at radius 1 is 1.53 bits per heavy atom. The zero-order valence-corrected chi connectivity index (χ0v) is 11.8. The van der Waals surface area contributed by atoms with Crippen LogP contribution in [-0.4, -0.2) is 19.7 Å². The van der Waals surface area contributed by atoms with Gasteiger partial charge in [0.2, 0.25) is 5.82 Å². The van der Waals surface area contributed by atoms with Crippen LogP contribution in [0, 0.1) is 24.0 Å². The van der Waals surface area contributed by atoms with Crippen LogP contribution in [0.15, 0.2) is 5.38 Å². The second kappa shape index (κ2) is 5.35. The van der Waals surface area contributed by atoms with Crippen LogP contribution in [0.1, 0.15) is 23.3 Å². The predicted octanol–water partition coefficient (Wildman–Crippen LogP) is 2.50. The molecule has 2 heterocycles. The third kappa shape index (κ3) is 2.73. The molecule has 2 aromatic heterocycles. The van der Waals surface area contributed by atoms with Gasteiger partial charge in [-0.3, -0.25) is 10.1 Å². The van der Waals surface area contributed by atoms with E-state index >= 15 is 0 Å². The molecule has 0 saturated heterocycles. The maximum Gasteiger partial charge on any atom is 0.333 e. The van der Waals surface area contributed by atoms with Gasteiger partial charge in [0.05, 0.1) is 22.2 Å². The van der Waals surface area contributed by atoms with Crippen molar-refractivity contribution in [1.82, 2.24) is 14.8 Å². The monoisotopic (exact) mass is 281 g/mol. The van der Waals surface area contributed by atoms with Crippen molar-refractivity contribution < 1.29 is 4.92 Å². The summed E-state index contributed by atoms with van der Waals surface area (Å²) in [5, 5.41) is 21.2. The van der Waals surface area contributed by atoms with E-state index in [9.17, 15) is 10.1 Å². The number of thiazole rings is 1. The molecular weight excluding hydrogens is 266 g/mol. The van der Waals surface area contributed by atoms with Gasteiger partial charge in [-0.2, -0.15) is 5.10 Å². The van der Waals surface area contributed by atoms with Gasteiger partial charge in [0.25, 0.3) is 0 Å². The SMILES string of the molecule is CCn1nc(C)c([N+](=O)[O-])c1NCc1csc(C)n1. The minimum Gasteiger partial charge on any atom is -0.359 e. The Kier molecular flexibility index (Phi) is 3.79. The van der Waals surface area contributed by atoms with Crippen LogP contribution < -0.4 is 5.32 Å². The van der Waals surface area contributed by atoms with Crippen molar-refractivity contribution in [1.29, 1.82) is 0 Å². The molecule has 1 N–H and O–H groups in total. The Morgan fingerprint density at radius 2 is 2.26 bits per heavy atom. The minimum absolute atomic E-state index is 0.0359. The molecule has 2 aromatic rings. The highest BCUT2D eigenvalue weighted by Gasteiger charge is 2.24. The molecule has 0 aromatic carbocycles. The Labute approximate surface area is 114 Å². The third-order valence-corrected chi connectivity index (χ3v) is 3.50. The van der Waals surface area contributed by atoms with Crippen LogP contribution in [-0.2, 0) is 13.1 Å². The number of anilines is 1. The van der Waals surface area contributed by atoms with E-state index in [2.05, 4.69) is 15.4 Å². The Bertz CT molecular complexity index is 604. The van der Waals surface area contributed by atoms with Gasteiger partial charge in [-0.15, -0.1) is 11.3 Å². The second-order valence-electron chi connectivity index (χ2n) is 4.07. The molecule has 0 aliphatic carbocycles. The van der Waals surface area contributed by atoms with E-state index in [0.29, 0.717) is 24.6 Å². The molecule has 0 saturated carbocycles. The zero-order chi connectivity index (χ0) is 14.0. The Balaban J connectivity index is 2.25. The Hall–Kier alpha value is -1.96. The van der Waals surface area contributed by atoms with Gasteiger partial charge in [0.1, 0.15) is 5.69 Å². The molecule has 0 bridgehead atoms. The number of nitrogens with one attached hydrogen (secondary N) is 1. The van der Waals surface area contributed by atoms with Crippen molar-refractivity contribution in [2.24, 2.45) is 0 Å². The lowest BCUT2D eigenvalue weighted by Gasteiger charge is -2.05. The predicted molar refractivity (Wildman–Crippen MR) is 73.5 cm³/mol. The molecule has 7 nitrogen and oxygen atoms in total. The number of aromatic nitrogens is 3. The molecule has 0 aliphatic rings. The summed E-state index contributed by atoms with van der Waals surface area (Å²) < 4.78 is 1.60. The molecule has 0 atom stereocenters. The summed E-state index contributed by atoms with van der Waals surface area (Å²) in [6, 6.07) is 0. The van der Waals surface area contributed by atoms with E-state index < -0.39 is 4.92 Å². The van der Waals surface area contributed by atoms with E-state index in [1.54, 1.807) is 22.9 Å². The second-order valence-corrected chi connectivity index (χ2v) is 5.13. The van der Waals surface area contributed by atoms with Gasteiger partial charge in [0.15, 0.2) is 0 Å². The van der Waals surface area contributed by atoms with Gasteiger partial charge in [-0.25, -0.2) is 9.67 Å². The van der Waals surface area contributed by atoms with Crippen LogP contribution in [0.5, 0.6) is 0 Å². The Morgan fingerprint density at radius 3 is 2.79 bits per heavy atom. The van der Waals surface area contributed by atoms with Gasteiger partial charge in [-0.1, -0.05) is 0 Å². The van der Waals surface area contributed by atoms with E-state index in [1.165, 1.54) is 0 Å². The summed E-state index contributed by atoms with van der Waals surface area (Å²) >= 11 is 1.56. The fourth-order valence-electron chi connectivity index (χ4n) is 1.86. The fourth-order valence-corrected chi connectivity index (χ4v) is 2.47. The first-order valence-electron chi connectivity index (χ1n) is 5.89. The van der Waals surface area contributed by atoms with Gasteiger partial charge in [-0.05, 0) is 20.8 Å². The highest BCUT2D eigenvalue weighted by Crippen LogP contribution is 2.28. The largest absolute Gasteiger partial charge is 0.359 e. The average Bonchev–Trinajstić information content (AvgIpc) is 2.89. The van der Waals surface area contributed by atoms with E-state index in [4.69, 9.17) is 0 Å². The lowest BCUT2D eigenvalue weighted by Crippen LogP contribution is -2.08. The van der Waals surface area contributed by atoms with E-state index in [-0.39, 0.29) is 5.69 Å². The molecule has 0 spiro atoms. The van der Waals surface area contributed by atoms with Crippen molar-refractivity contribution >= 4 is 22.8 Å². The summed E-state index contributed by atoms with van der Waals surface area (Å²) in [6.07, 6.45) is 0. The number of hydrogen-bond donors (Lipinski definition) is 1. The highest BCUT2D eigenvalue weighted by molar-refractivity contribution is 7.09. The molecular formula is C11H15N5O2S. The van der Waals surface area contributed by atoms with Crippen LogP contribution in [0.2, 0.25) is 0 Å². The summed E-state index contributed by atoms with van der Waals surface area (Å²) in [5.74, 6) is 0.440. The molecule has 0 radical (unpaired) electrons. The quantitative estimate of drug-likeness (QED) is 0.672. The fraction of sp³-hybridized carbons (Fsp3) is 0.455. The lowest BCUT2D eigenvalue weighted by molar-refractivity contribution is -0.384. The van der Waals surface area contributed by atoms with Crippen molar-refractivity contribution in [2.75, 3.05) is 5.32 Å². The summed E-state index contributed by atoms with van der Waals surface area (Å²) in [7, 11) is 0. The number of aryl methyl sites for hydroxylation is 3. The van der Waals surface area contributed by atoms with Gasteiger partial charge < -0.3 is 5.32 Å². The first kappa shape index (κ1) is 13.5. The molecule has 0 fully saturated rings. The van der Waals surface area contributed by atoms with Crippen LogP contribution in [0.3, 0.4) is 0 Å². The average molecular weight is 281 g/mol.